The maximum absolute atomic E-state index is 12.1. The Morgan fingerprint density at radius 1 is 1.29 bits per heavy atom. The zero-order valence-corrected chi connectivity index (χ0v) is 14.7. The van der Waals surface area contributed by atoms with Crippen LogP contribution in [0.15, 0.2) is 0 Å². The summed E-state index contributed by atoms with van der Waals surface area (Å²) in [6, 6.07) is 0. The van der Waals surface area contributed by atoms with Crippen LogP contribution in [0.25, 0.3) is 0 Å². The molecule has 8 heteroatoms. The molecule has 0 aromatic carbocycles. The highest BCUT2D eigenvalue weighted by atomic mass is 16.5. The van der Waals surface area contributed by atoms with E-state index in [0.29, 0.717) is 6.54 Å². The summed E-state index contributed by atoms with van der Waals surface area (Å²) in [5.74, 6) is 2.43. The second kappa shape index (κ2) is 8.04. The van der Waals surface area contributed by atoms with Crippen molar-refractivity contribution >= 4 is 5.91 Å². The highest BCUT2D eigenvalue weighted by Gasteiger charge is 2.28. The Hall–Kier alpha value is -1.51. The number of aromatic nitrogens is 3. The molecule has 134 valence electrons. The van der Waals surface area contributed by atoms with Gasteiger partial charge in [-0.1, -0.05) is 0 Å². The maximum atomic E-state index is 12.1. The third-order valence-corrected chi connectivity index (χ3v) is 4.93. The van der Waals surface area contributed by atoms with Crippen LogP contribution in [0, 0.1) is 0 Å². The van der Waals surface area contributed by atoms with Gasteiger partial charge < -0.3 is 19.5 Å². The van der Waals surface area contributed by atoms with Crippen molar-refractivity contribution in [3.63, 3.8) is 0 Å². The van der Waals surface area contributed by atoms with Gasteiger partial charge in [-0.25, -0.2) is 0 Å². The van der Waals surface area contributed by atoms with E-state index in [4.69, 9.17) is 4.74 Å². The number of amides is 1. The van der Waals surface area contributed by atoms with E-state index in [-0.39, 0.29) is 11.8 Å². The van der Waals surface area contributed by atoms with E-state index in [1.165, 1.54) is 0 Å². The first-order valence-electron chi connectivity index (χ1n) is 8.79. The van der Waals surface area contributed by atoms with Gasteiger partial charge in [-0.3, -0.25) is 9.69 Å². The van der Waals surface area contributed by atoms with Crippen molar-refractivity contribution in [3.8, 4) is 0 Å². The van der Waals surface area contributed by atoms with Crippen molar-refractivity contribution in [3.05, 3.63) is 11.6 Å². The van der Waals surface area contributed by atoms with E-state index in [1.807, 2.05) is 11.9 Å². The van der Waals surface area contributed by atoms with Crippen LogP contribution in [0.4, 0.5) is 0 Å². The normalized spacial score (nSPS) is 22.8. The van der Waals surface area contributed by atoms with Gasteiger partial charge in [0.05, 0.1) is 26.3 Å². The highest BCUT2D eigenvalue weighted by molar-refractivity contribution is 5.78. The summed E-state index contributed by atoms with van der Waals surface area (Å²) in [6.07, 6.45) is 2.08. The van der Waals surface area contributed by atoms with Crippen LogP contribution in [0.2, 0.25) is 0 Å². The monoisotopic (exact) mass is 336 g/mol. The Labute approximate surface area is 143 Å². The molecule has 1 amide bonds. The molecule has 0 bridgehead atoms. The van der Waals surface area contributed by atoms with Gasteiger partial charge in [-0.2, -0.15) is 0 Å². The molecular weight excluding hydrogens is 308 g/mol. The summed E-state index contributed by atoms with van der Waals surface area (Å²) in [6.45, 7) is 6.25. The fourth-order valence-electron chi connectivity index (χ4n) is 3.51. The van der Waals surface area contributed by atoms with Crippen LogP contribution in [0.5, 0.6) is 0 Å². The molecule has 0 saturated carbocycles. The lowest BCUT2D eigenvalue weighted by Gasteiger charge is -2.32. The number of carbonyl (C=O) groups excluding carboxylic acids is 1. The number of likely N-dealkylation sites (tertiary alicyclic amines) is 1. The minimum atomic E-state index is 0.165. The van der Waals surface area contributed by atoms with Crippen LogP contribution in [-0.2, 0) is 23.1 Å². The van der Waals surface area contributed by atoms with Crippen molar-refractivity contribution in [2.75, 3.05) is 53.0 Å². The predicted octanol–water partition coefficient (Wildman–Crippen LogP) is -0.427. The average molecular weight is 336 g/mol. The van der Waals surface area contributed by atoms with Gasteiger partial charge in [-0.15, -0.1) is 10.2 Å². The second-order valence-electron chi connectivity index (χ2n) is 6.63. The molecule has 1 atom stereocenters. The van der Waals surface area contributed by atoms with Crippen molar-refractivity contribution < 1.29 is 9.53 Å². The number of rotatable bonds is 5. The van der Waals surface area contributed by atoms with Gasteiger partial charge in [0.1, 0.15) is 11.6 Å². The Morgan fingerprint density at radius 2 is 2.08 bits per heavy atom. The summed E-state index contributed by atoms with van der Waals surface area (Å²) in [5, 5.41) is 11.8. The molecule has 0 aliphatic carbocycles. The van der Waals surface area contributed by atoms with E-state index in [2.05, 4.69) is 25.0 Å². The van der Waals surface area contributed by atoms with Crippen LogP contribution >= 0.6 is 0 Å². The van der Waals surface area contributed by atoms with E-state index >= 15 is 0 Å². The van der Waals surface area contributed by atoms with Gasteiger partial charge in [0.15, 0.2) is 0 Å². The van der Waals surface area contributed by atoms with Crippen molar-refractivity contribution in [1.29, 1.82) is 0 Å². The number of ether oxygens (including phenoxy) is 1. The van der Waals surface area contributed by atoms with E-state index in [0.717, 1.165) is 70.4 Å². The van der Waals surface area contributed by atoms with Crippen molar-refractivity contribution in [2.24, 2.45) is 7.05 Å². The molecule has 3 heterocycles. The number of nitrogens with one attached hydrogen (secondary N) is 1. The summed E-state index contributed by atoms with van der Waals surface area (Å²) in [7, 11) is 3.85. The first-order chi connectivity index (χ1) is 11.7. The Morgan fingerprint density at radius 3 is 2.83 bits per heavy atom. The molecule has 1 aromatic rings. The molecule has 1 aromatic heterocycles. The van der Waals surface area contributed by atoms with Gasteiger partial charge in [0, 0.05) is 39.1 Å². The van der Waals surface area contributed by atoms with Crippen LogP contribution < -0.4 is 5.32 Å². The third-order valence-electron chi connectivity index (χ3n) is 4.93. The minimum absolute atomic E-state index is 0.165. The van der Waals surface area contributed by atoms with Gasteiger partial charge in [0.25, 0.3) is 0 Å². The molecule has 1 N–H and O–H groups in total. The Bertz CT molecular complexity index is 555. The van der Waals surface area contributed by atoms with E-state index < -0.39 is 0 Å². The number of piperidine rings is 1. The zero-order valence-electron chi connectivity index (χ0n) is 14.7. The summed E-state index contributed by atoms with van der Waals surface area (Å²) < 4.78 is 7.51. The van der Waals surface area contributed by atoms with Gasteiger partial charge in [-0.05, 0) is 19.9 Å². The number of nitrogens with zero attached hydrogens (tertiary/aromatic N) is 5. The molecule has 2 aliphatic heterocycles. The maximum Gasteiger partial charge on any atom is 0.236 e. The molecule has 0 unspecified atom stereocenters. The van der Waals surface area contributed by atoms with Crippen LogP contribution in [0.1, 0.15) is 30.4 Å². The van der Waals surface area contributed by atoms with Crippen LogP contribution in [-0.4, -0.2) is 83.5 Å². The molecule has 0 radical (unpaired) electrons. The van der Waals surface area contributed by atoms with Crippen molar-refractivity contribution in [2.45, 2.75) is 25.3 Å². The Balaban J connectivity index is 1.64. The SMILES string of the molecule is CNCC(=O)N1CCC[C@H](c2nnc(CN3CCOCC3)n2C)C1. The molecule has 3 rings (SSSR count). The van der Waals surface area contributed by atoms with Crippen LogP contribution in [0.3, 0.4) is 0 Å². The second-order valence-corrected chi connectivity index (χ2v) is 6.63. The predicted molar refractivity (Wildman–Crippen MR) is 89.6 cm³/mol. The third kappa shape index (κ3) is 3.93. The number of morpholine rings is 1. The number of hydrogen-bond acceptors (Lipinski definition) is 6. The lowest BCUT2D eigenvalue weighted by molar-refractivity contribution is -0.131. The Kier molecular flexibility index (Phi) is 5.80. The summed E-state index contributed by atoms with van der Waals surface area (Å²) in [5.41, 5.74) is 0. The molecule has 2 fully saturated rings. The summed E-state index contributed by atoms with van der Waals surface area (Å²) >= 11 is 0. The van der Waals surface area contributed by atoms with E-state index in [9.17, 15) is 4.79 Å². The average Bonchev–Trinajstić information content (AvgIpc) is 2.97. The lowest BCUT2D eigenvalue weighted by Crippen LogP contribution is -2.43. The van der Waals surface area contributed by atoms with Gasteiger partial charge >= 0.3 is 0 Å². The first kappa shape index (κ1) is 17.3. The quantitative estimate of drug-likeness (QED) is 0.787. The molecule has 24 heavy (non-hydrogen) atoms. The van der Waals surface area contributed by atoms with E-state index in [1.54, 1.807) is 7.05 Å². The minimum Gasteiger partial charge on any atom is -0.379 e. The number of likely N-dealkylation sites (N-methyl/N-ethyl adjacent to an activating group) is 1. The largest absolute Gasteiger partial charge is 0.379 e. The molecule has 2 saturated heterocycles. The highest BCUT2D eigenvalue weighted by Crippen LogP contribution is 2.26. The number of carbonyl (C=O) groups is 1. The number of hydrogen-bond donors (Lipinski definition) is 1. The first-order valence-corrected chi connectivity index (χ1v) is 8.79. The molecular formula is C16H28N6O2. The van der Waals surface area contributed by atoms with Crippen molar-refractivity contribution in [1.82, 2.24) is 29.9 Å². The molecule has 8 nitrogen and oxygen atoms in total. The summed E-state index contributed by atoms with van der Waals surface area (Å²) in [4.78, 5) is 16.4. The fraction of sp³-hybridized carbons (Fsp3) is 0.812. The topological polar surface area (TPSA) is 75.5 Å². The smallest absolute Gasteiger partial charge is 0.236 e. The molecule has 0 spiro atoms. The fourth-order valence-corrected chi connectivity index (χ4v) is 3.51. The van der Waals surface area contributed by atoms with Gasteiger partial charge in [0.2, 0.25) is 5.91 Å². The molecule has 2 aliphatic rings. The standard InChI is InChI=1S/C16H28N6O2/c1-17-10-15(23)22-5-3-4-13(11-22)16-19-18-14(20(16)2)12-21-6-8-24-9-7-21/h13,17H,3-12H2,1-2H3/t13-/m0/s1. The lowest BCUT2D eigenvalue weighted by atomic mass is 9.97. The zero-order chi connectivity index (χ0) is 16.9.